The van der Waals surface area contributed by atoms with Gasteiger partial charge in [-0.1, -0.05) is 6.07 Å². The number of carbonyl (C=O) groups excluding carboxylic acids is 2. The van der Waals surface area contributed by atoms with E-state index in [4.69, 9.17) is 4.74 Å². The summed E-state index contributed by atoms with van der Waals surface area (Å²) >= 11 is 1.53. The number of carbonyl (C=O) groups is 2. The highest BCUT2D eigenvalue weighted by Crippen LogP contribution is 2.18. The standard InChI is InChI=1S/C21H20N2O4S/c1-3-23-13-17(21(26)27-4-2)20(25)16-12-14(7-9-18(16)23)22-19(24)10-8-15-6-5-11-28-15/h5-13H,3-4H2,1-2H3,(H,22,24)/b10-8+. The van der Waals surface area contributed by atoms with Crippen LogP contribution in [0.4, 0.5) is 5.69 Å². The lowest BCUT2D eigenvalue weighted by molar-refractivity contribution is -0.111. The number of rotatable bonds is 6. The second kappa shape index (κ2) is 8.67. The van der Waals surface area contributed by atoms with Gasteiger partial charge >= 0.3 is 5.97 Å². The van der Waals surface area contributed by atoms with Crippen LogP contribution in [0.25, 0.3) is 17.0 Å². The molecule has 2 aromatic heterocycles. The van der Waals surface area contributed by atoms with Gasteiger partial charge in [0.1, 0.15) is 5.56 Å². The van der Waals surface area contributed by atoms with Gasteiger partial charge < -0.3 is 14.6 Å². The number of fused-ring (bicyclic) bond motifs is 1. The van der Waals surface area contributed by atoms with Crippen molar-refractivity contribution < 1.29 is 14.3 Å². The highest BCUT2D eigenvalue weighted by molar-refractivity contribution is 7.10. The first-order valence-electron chi connectivity index (χ1n) is 8.90. The van der Waals surface area contributed by atoms with Crippen molar-refractivity contribution in [2.24, 2.45) is 0 Å². The first-order chi connectivity index (χ1) is 13.5. The van der Waals surface area contributed by atoms with Gasteiger partial charge in [-0.3, -0.25) is 9.59 Å². The first-order valence-corrected chi connectivity index (χ1v) is 9.78. The number of nitrogens with one attached hydrogen (secondary N) is 1. The molecule has 0 saturated heterocycles. The Labute approximate surface area is 166 Å². The van der Waals surface area contributed by atoms with E-state index in [2.05, 4.69) is 5.32 Å². The van der Waals surface area contributed by atoms with E-state index in [0.29, 0.717) is 23.1 Å². The minimum atomic E-state index is -0.648. The SMILES string of the molecule is CCOC(=O)c1cn(CC)c2ccc(NC(=O)/C=C/c3cccs3)cc2c1=O. The van der Waals surface area contributed by atoms with Crippen LogP contribution in [0.15, 0.2) is 52.8 Å². The Morgan fingerprint density at radius 1 is 1.25 bits per heavy atom. The molecule has 0 bridgehead atoms. The van der Waals surface area contributed by atoms with Gasteiger partial charge in [0.25, 0.3) is 0 Å². The van der Waals surface area contributed by atoms with E-state index in [1.165, 1.54) is 23.6 Å². The predicted octanol–water partition coefficient (Wildman–Crippen LogP) is 3.91. The van der Waals surface area contributed by atoms with Gasteiger partial charge in [-0.15, -0.1) is 11.3 Å². The summed E-state index contributed by atoms with van der Waals surface area (Å²) in [5, 5.41) is 5.04. The number of aryl methyl sites for hydroxylation is 1. The van der Waals surface area contributed by atoms with Crippen molar-refractivity contribution in [3.63, 3.8) is 0 Å². The summed E-state index contributed by atoms with van der Waals surface area (Å²) in [4.78, 5) is 38.0. The zero-order valence-electron chi connectivity index (χ0n) is 15.6. The van der Waals surface area contributed by atoms with E-state index < -0.39 is 11.4 Å². The molecule has 0 aliphatic rings. The highest BCUT2D eigenvalue weighted by Gasteiger charge is 2.16. The summed E-state index contributed by atoms with van der Waals surface area (Å²) in [6.45, 7) is 4.38. The lowest BCUT2D eigenvalue weighted by Gasteiger charge is -2.12. The number of hydrogen-bond donors (Lipinski definition) is 1. The van der Waals surface area contributed by atoms with Crippen LogP contribution in [0, 0.1) is 0 Å². The Bertz CT molecular complexity index is 1100. The molecule has 7 heteroatoms. The topological polar surface area (TPSA) is 77.4 Å². The smallest absolute Gasteiger partial charge is 0.343 e. The van der Waals surface area contributed by atoms with Crippen molar-refractivity contribution in [2.75, 3.05) is 11.9 Å². The molecular formula is C21H20N2O4S. The summed E-state index contributed by atoms with van der Waals surface area (Å²) in [7, 11) is 0. The Morgan fingerprint density at radius 3 is 2.75 bits per heavy atom. The van der Waals surface area contributed by atoms with Crippen molar-refractivity contribution in [1.82, 2.24) is 4.57 Å². The van der Waals surface area contributed by atoms with Crippen molar-refractivity contribution in [2.45, 2.75) is 20.4 Å². The number of benzene rings is 1. The number of esters is 1. The molecule has 0 aliphatic heterocycles. The Morgan fingerprint density at radius 2 is 2.07 bits per heavy atom. The molecule has 0 fully saturated rings. The van der Waals surface area contributed by atoms with Crippen LogP contribution >= 0.6 is 11.3 Å². The molecule has 3 rings (SSSR count). The third kappa shape index (κ3) is 4.20. The van der Waals surface area contributed by atoms with Crippen molar-refractivity contribution in [1.29, 1.82) is 0 Å². The lowest BCUT2D eigenvalue weighted by Crippen LogP contribution is -2.21. The van der Waals surface area contributed by atoms with Crippen LogP contribution < -0.4 is 10.7 Å². The maximum Gasteiger partial charge on any atom is 0.343 e. The largest absolute Gasteiger partial charge is 0.462 e. The Balaban J connectivity index is 1.95. The predicted molar refractivity (Wildman–Crippen MR) is 112 cm³/mol. The minimum Gasteiger partial charge on any atom is -0.462 e. The van der Waals surface area contributed by atoms with Gasteiger partial charge in [0, 0.05) is 34.8 Å². The number of pyridine rings is 1. The zero-order valence-corrected chi connectivity index (χ0v) is 16.4. The quantitative estimate of drug-likeness (QED) is 0.506. The number of hydrogen-bond acceptors (Lipinski definition) is 5. The summed E-state index contributed by atoms with van der Waals surface area (Å²) in [5.74, 6) is -0.949. The van der Waals surface area contributed by atoms with Gasteiger partial charge in [-0.05, 0) is 49.6 Å². The zero-order chi connectivity index (χ0) is 20.1. The van der Waals surface area contributed by atoms with Crippen LogP contribution in [0.2, 0.25) is 0 Å². The summed E-state index contributed by atoms with van der Waals surface area (Å²) < 4.78 is 6.80. The lowest BCUT2D eigenvalue weighted by atomic mass is 10.1. The first kappa shape index (κ1) is 19.6. The van der Waals surface area contributed by atoms with Crippen molar-refractivity contribution in [3.8, 4) is 0 Å². The number of nitrogens with zero attached hydrogens (tertiary/aromatic N) is 1. The van der Waals surface area contributed by atoms with Crippen molar-refractivity contribution in [3.05, 3.63) is 68.6 Å². The van der Waals surface area contributed by atoms with E-state index in [-0.39, 0.29) is 18.1 Å². The van der Waals surface area contributed by atoms with Crippen LogP contribution in [-0.4, -0.2) is 23.1 Å². The van der Waals surface area contributed by atoms with E-state index >= 15 is 0 Å². The van der Waals surface area contributed by atoms with Gasteiger partial charge in [0.15, 0.2) is 0 Å². The average Bonchev–Trinajstić information content (AvgIpc) is 3.21. The molecule has 0 radical (unpaired) electrons. The van der Waals surface area contributed by atoms with Crippen molar-refractivity contribution >= 4 is 45.9 Å². The third-order valence-electron chi connectivity index (χ3n) is 4.13. The van der Waals surface area contributed by atoms with Crippen LogP contribution in [-0.2, 0) is 16.1 Å². The van der Waals surface area contributed by atoms with Gasteiger partial charge in [0.2, 0.25) is 11.3 Å². The summed E-state index contributed by atoms with van der Waals surface area (Å²) in [5.41, 5.74) is 0.738. The molecule has 144 valence electrons. The molecule has 1 N–H and O–H groups in total. The van der Waals surface area contributed by atoms with Gasteiger partial charge in [0.05, 0.1) is 12.1 Å². The van der Waals surface area contributed by atoms with Crippen LogP contribution in [0.3, 0.4) is 0 Å². The highest BCUT2D eigenvalue weighted by atomic mass is 32.1. The minimum absolute atomic E-state index is 0.0164. The number of thiophene rings is 1. The molecule has 2 heterocycles. The average molecular weight is 396 g/mol. The molecule has 3 aromatic rings. The van der Waals surface area contributed by atoms with E-state index in [0.717, 1.165) is 4.88 Å². The molecule has 6 nitrogen and oxygen atoms in total. The Kier molecular flexibility index (Phi) is 6.06. The van der Waals surface area contributed by atoms with Crippen LogP contribution in [0.1, 0.15) is 29.1 Å². The molecule has 0 atom stereocenters. The van der Waals surface area contributed by atoms with E-state index in [1.54, 1.807) is 31.2 Å². The normalized spacial score (nSPS) is 11.1. The fourth-order valence-electron chi connectivity index (χ4n) is 2.82. The third-order valence-corrected chi connectivity index (χ3v) is 4.96. The van der Waals surface area contributed by atoms with E-state index in [1.807, 2.05) is 29.0 Å². The molecule has 1 aromatic carbocycles. The molecule has 1 amide bonds. The monoisotopic (exact) mass is 396 g/mol. The second-order valence-electron chi connectivity index (χ2n) is 5.95. The maximum atomic E-state index is 12.8. The molecule has 0 spiro atoms. The molecule has 28 heavy (non-hydrogen) atoms. The summed E-state index contributed by atoms with van der Waals surface area (Å²) in [6, 6.07) is 8.89. The van der Waals surface area contributed by atoms with Gasteiger partial charge in [-0.2, -0.15) is 0 Å². The number of ether oxygens (including phenoxy) is 1. The number of aromatic nitrogens is 1. The van der Waals surface area contributed by atoms with Gasteiger partial charge in [-0.25, -0.2) is 4.79 Å². The van der Waals surface area contributed by atoms with Crippen LogP contribution in [0.5, 0.6) is 0 Å². The molecule has 0 aliphatic carbocycles. The maximum absolute atomic E-state index is 12.8. The Hall–Kier alpha value is -3.19. The fraction of sp³-hybridized carbons (Fsp3) is 0.190. The number of amides is 1. The summed E-state index contributed by atoms with van der Waals surface area (Å²) in [6.07, 6.45) is 4.68. The molecular weight excluding hydrogens is 376 g/mol. The van der Waals surface area contributed by atoms with E-state index in [9.17, 15) is 14.4 Å². The second-order valence-corrected chi connectivity index (χ2v) is 6.93. The number of anilines is 1. The fourth-order valence-corrected chi connectivity index (χ4v) is 3.44. The molecule has 0 unspecified atom stereocenters. The molecule has 0 saturated carbocycles.